The maximum Gasteiger partial charge on any atom is 0.222 e. The number of likely N-dealkylation sites (tertiary alicyclic amines) is 1. The van der Waals surface area contributed by atoms with Crippen LogP contribution in [0.2, 0.25) is 0 Å². The summed E-state index contributed by atoms with van der Waals surface area (Å²) in [6.07, 6.45) is 3.97. The van der Waals surface area contributed by atoms with E-state index in [-0.39, 0.29) is 24.0 Å². The number of hydrogen-bond donors (Lipinski definition) is 1. The molecule has 5 nitrogen and oxygen atoms in total. The standard InChI is InChI=1S/C27H34N4O.HI/c1-2-28-27(29-18-22-17-24(22)20-9-4-3-5-10-20)31-19-21(23-11-6-7-12-25(23)31)14-16-30-15-8-13-26(30)32;/h3-7,9-12,21-22,24H,2,8,13-19H2,1H3,(H,28,29);1H. The number of benzene rings is 2. The van der Waals surface area contributed by atoms with Gasteiger partial charge in [0.25, 0.3) is 0 Å². The highest BCUT2D eigenvalue weighted by atomic mass is 127. The summed E-state index contributed by atoms with van der Waals surface area (Å²) >= 11 is 0. The minimum atomic E-state index is 0. The summed E-state index contributed by atoms with van der Waals surface area (Å²) in [6, 6.07) is 19.6. The first kappa shape index (κ1) is 24.0. The number of aliphatic imine (C=N–C) groups is 1. The molecule has 2 heterocycles. The number of hydrogen-bond acceptors (Lipinski definition) is 2. The van der Waals surface area contributed by atoms with Crippen molar-refractivity contribution >= 4 is 41.5 Å². The molecule has 5 rings (SSSR count). The SMILES string of the molecule is CCNC(=NCC1CC1c1ccccc1)N1CC(CCN2CCCC2=O)c2ccccc21.I. The van der Waals surface area contributed by atoms with Crippen LogP contribution in [0.25, 0.3) is 0 Å². The van der Waals surface area contributed by atoms with Gasteiger partial charge in [-0.2, -0.15) is 0 Å². The summed E-state index contributed by atoms with van der Waals surface area (Å²) in [4.78, 5) is 21.5. The van der Waals surface area contributed by atoms with Gasteiger partial charge in [-0.1, -0.05) is 48.5 Å². The number of anilines is 1. The Morgan fingerprint density at radius 2 is 1.91 bits per heavy atom. The van der Waals surface area contributed by atoms with Crippen molar-refractivity contribution in [2.45, 2.75) is 44.4 Å². The van der Waals surface area contributed by atoms with Crippen LogP contribution in [0.5, 0.6) is 0 Å². The lowest BCUT2D eigenvalue weighted by Gasteiger charge is -2.23. The fourth-order valence-electron chi connectivity index (χ4n) is 5.35. The minimum absolute atomic E-state index is 0. The Bertz CT molecular complexity index is 979. The number of fused-ring (bicyclic) bond motifs is 1. The van der Waals surface area contributed by atoms with E-state index in [1.807, 2.05) is 4.90 Å². The molecule has 2 fully saturated rings. The lowest BCUT2D eigenvalue weighted by molar-refractivity contribution is -0.127. The molecule has 2 aliphatic heterocycles. The second kappa shape index (κ2) is 10.9. The molecule has 1 N–H and O–H groups in total. The molecule has 1 saturated carbocycles. The third kappa shape index (κ3) is 5.36. The quantitative estimate of drug-likeness (QED) is 0.296. The molecule has 6 heteroatoms. The fraction of sp³-hybridized carbons (Fsp3) is 0.481. The van der Waals surface area contributed by atoms with Gasteiger partial charge in [-0.3, -0.25) is 9.79 Å². The van der Waals surface area contributed by atoms with E-state index in [9.17, 15) is 4.79 Å². The van der Waals surface area contributed by atoms with Crippen LogP contribution in [-0.2, 0) is 4.79 Å². The molecule has 0 bridgehead atoms. The van der Waals surface area contributed by atoms with E-state index >= 15 is 0 Å². The van der Waals surface area contributed by atoms with Crippen molar-refractivity contribution in [3.05, 3.63) is 65.7 Å². The second-order valence-corrected chi connectivity index (χ2v) is 9.35. The fourth-order valence-corrected chi connectivity index (χ4v) is 5.35. The summed E-state index contributed by atoms with van der Waals surface area (Å²) in [7, 11) is 0. The van der Waals surface area contributed by atoms with Crippen LogP contribution >= 0.6 is 24.0 Å². The molecular weight excluding hydrogens is 523 g/mol. The maximum absolute atomic E-state index is 12.1. The summed E-state index contributed by atoms with van der Waals surface area (Å²) in [5, 5.41) is 3.54. The van der Waals surface area contributed by atoms with Crippen molar-refractivity contribution in [1.29, 1.82) is 0 Å². The third-order valence-corrected chi connectivity index (χ3v) is 7.21. The molecule has 3 atom stereocenters. The van der Waals surface area contributed by atoms with E-state index in [0.29, 0.717) is 23.7 Å². The molecule has 1 amide bonds. The number of nitrogens with one attached hydrogen (secondary N) is 1. The number of carbonyl (C=O) groups excluding carboxylic acids is 1. The number of para-hydroxylation sites is 1. The van der Waals surface area contributed by atoms with Gasteiger partial charge in [0.2, 0.25) is 5.91 Å². The molecule has 0 aromatic heterocycles. The topological polar surface area (TPSA) is 47.9 Å². The summed E-state index contributed by atoms with van der Waals surface area (Å²) < 4.78 is 0. The van der Waals surface area contributed by atoms with Gasteiger partial charge in [0.05, 0.1) is 0 Å². The number of amides is 1. The predicted molar refractivity (Wildman–Crippen MR) is 146 cm³/mol. The van der Waals surface area contributed by atoms with Crippen molar-refractivity contribution in [2.24, 2.45) is 10.9 Å². The number of halogens is 1. The highest BCUT2D eigenvalue weighted by molar-refractivity contribution is 14.0. The summed E-state index contributed by atoms with van der Waals surface area (Å²) in [5.41, 5.74) is 4.10. The second-order valence-electron chi connectivity index (χ2n) is 9.35. The molecular formula is C27H35IN4O. The van der Waals surface area contributed by atoms with Gasteiger partial charge in [-0.25, -0.2) is 0 Å². The van der Waals surface area contributed by atoms with Crippen LogP contribution in [0.1, 0.15) is 55.6 Å². The molecule has 3 aliphatic rings. The molecule has 1 aliphatic carbocycles. The Kier molecular flexibility index (Phi) is 7.94. The van der Waals surface area contributed by atoms with Gasteiger partial charge in [-0.15, -0.1) is 24.0 Å². The molecule has 2 aromatic carbocycles. The Morgan fingerprint density at radius 3 is 2.67 bits per heavy atom. The van der Waals surface area contributed by atoms with Crippen LogP contribution in [0.15, 0.2) is 59.6 Å². The first-order chi connectivity index (χ1) is 15.7. The molecule has 33 heavy (non-hydrogen) atoms. The maximum atomic E-state index is 12.1. The normalized spacial score (nSPS) is 24.0. The van der Waals surface area contributed by atoms with Crippen molar-refractivity contribution in [3.63, 3.8) is 0 Å². The van der Waals surface area contributed by atoms with E-state index in [0.717, 1.165) is 57.9 Å². The van der Waals surface area contributed by atoms with Gasteiger partial charge in [0.1, 0.15) is 0 Å². The lowest BCUT2D eigenvalue weighted by Crippen LogP contribution is -2.41. The highest BCUT2D eigenvalue weighted by Crippen LogP contribution is 2.47. The largest absolute Gasteiger partial charge is 0.356 e. The monoisotopic (exact) mass is 558 g/mol. The Labute approximate surface area is 214 Å². The molecule has 0 spiro atoms. The van der Waals surface area contributed by atoms with Gasteiger partial charge in [0.15, 0.2) is 5.96 Å². The number of guanidine groups is 1. The molecule has 2 aromatic rings. The van der Waals surface area contributed by atoms with E-state index in [1.165, 1.54) is 23.2 Å². The lowest BCUT2D eigenvalue weighted by atomic mass is 9.98. The smallest absolute Gasteiger partial charge is 0.222 e. The first-order valence-electron chi connectivity index (χ1n) is 12.2. The average molecular weight is 559 g/mol. The average Bonchev–Trinajstić information content (AvgIpc) is 3.35. The van der Waals surface area contributed by atoms with Crippen LogP contribution in [0, 0.1) is 5.92 Å². The zero-order valence-electron chi connectivity index (χ0n) is 19.5. The number of rotatable bonds is 7. The summed E-state index contributed by atoms with van der Waals surface area (Å²) in [6.45, 7) is 6.58. The van der Waals surface area contributed by atoms with Gasteiger partial charge in [0, 0.05) is 50.7 Å². The van der Waals surface area contributed by atoms with E-state index in [4.69, 9.17) is 4.99 Å². The van der Waals surface area contributed by atoms with E-state index in [2.05, 4.69) is 71.7 Å². The van der Waals surface area contributed by atoms with Crippen molar-refractivity contribution < 1.29 is 4.79 Å². The zero-order valence-corrected chi connectivity index (χ0v) is 21.8. The van der Waals surface area contributed by atoms with E-state index in [1.54, 1.807) is 0 Å². The third-order valence-electron chi connectivity index (χ3n) is 7.21. The number of nitrogens with zero attached hydrogens (tertiary/aromatic N) is 3. The van der Waals surface area contributed by atoms with Crippen molar-refractivity contribution in [2.75, 3.05) is 37.6 Å². The Morgan fingerprint density at radius 1 is 1.12 bits per heavy atom. The Balaban J connectivity index is 0.00000259. The van der Waals surface area contributed by atoms with Gasteiger partial charge in [-0.05, 0) is 55.2 Å². The van der Waals surface area contributed by atoms with Crippen LogP contribution < -0.4 is 10.2 Å². The minimum Gasteiger partial charge on any atom is -0.356 e. The van der Waals surface area contributed by atoms with Crippen LogP contribution in [0.3, 0.4) is 0 Å². The van der Waals surface area contributed by atoms with Crippen molar-refractivity contribution in [1.82, 2.24) is 10.2 Å². The van der Waals surface area contributed by atoms with Gasteiger partial charge < -0.3 is 15.1 Å². The van der Waals surface area contributed by atoms with Crippen LogP contribution in [-0.4, -0.2) is 49.5 Å². The molecule has 0 radical (unpaired) electrons. The van der Waals surface area contributed by atoms with Gasteiger partial charge >= 0.3 is 0 Å². The summed E-state index contributed by atoms with van der Waals surface area (Å²) in [5.74, 6) is 3.04. The van der Waals surface area contributed by atoms with Crippen LogP contribution in [0.4, 0.5) is 5.69 Å². The molecule has 3 unspecified atom stereocenters. The zero-order chi connectivity index (χ0) is 21.9. The molecule has 176 valence electrons. The van der Waals surface area contributed by atoms with Crippen molar-refractivity contribution in [3.8, 4) is 0 Å². The predicted octanol–water partition coefficient (Wildman–Crippen LogP) is 4.99. The van der Waals surface area contributed by atoms with E-state index < -0.39 is 0 Å². The molecule has 1 saturated heterocycles. The highest BCUT2D eigenvalue weighted by Gasteiger charge is 2.38. The number of carbonyl (C=O) groups is 1. The Hall–Kier alpha value is -2.09. The first-order valence-corrected chi connectivity index (χ1v) is 12.2.